The number of hydrogen-bond donors (Lipinski definition) is 0. The zero-order valence-corrected chi connectivity index (χ0v) is 14.2. The Labute approximate surface area is 145 Å². The smallest absolute Gasteiger partial charge is 0.244 e. The first-order valence-corrected chi connectivity index (χ1v) is 8.24. The third-order valence-corrected chi connectivity index (χ3v) is 4.53. The van der Waals surface area contributed by atoms with Crippen LogP contribution in [-0.2, 0) is 11.3 Å². The molecule has 0 aliphatic carbocycles. The zero-order chi connectivity index (χ0) is 17.2. The molecule has 130 valence electrons. The number of methoxy groups -OCH3 is 1. The van der Waals surface area contributed by atoms with Crippen LogP contribution < -0.4 is 0 Å². The molecule has 0 N–H and O–H groups in total. The fraction of sp³-hybridized carbons (Fsp3) is 0.412. The molecule has 0 amide bonds. The van der Waals surface area contributed by atoms with E-state index in [1.54, 1.807) is 18.1 Å². The third-order valence-electron chi connectivity index (χ3n) is 4.53. The van der Waals surface area contributed by atoms with Crippen LogP contribution in [0.2, 0.25) is 0 Å². The number of rotatable bonds is 5. The minimum atomic E-state index is 0.0844. The Kier molecular flexibility index (Phi) is 4.29. The lowest BCUT2D eigenvalue weighted by Gasteiger charge is -2.21. The Bertz CT molecular complexity index is 814. The Balaban J connectivity index is 1.51. The quantitative estimate of drug-likeness (QED) is 0.702. The predicted molar refractivity (Wildman–Crippen MR) is 89.0 cm³/mol. The Morgan fingerprint density at radius 3 is 2.76 bits per heavy atom. The summed E-state index contributed by atoms with van der Waals surface area (Å²) in [6, 6.07) is 8.38. The number of hydrogen-bond acceptors (Lipinski definition) is 7. The molecule has 0 bridgehead atoms. The van der Waals surface area contributed by atoms with Gasteiger partial charge in [-0.2, -0.15) is 10.1 Å². The number of nitrogens with zero attached hydrogens (tertiary/aromatic N) is 6. The molecule has 0 unspecified atom stereocenters. The highest BCUT2D eigenvalue weighted by Gasteiger charge is 2.36. The summed E-state index contributed by atoms with van der Waals surface area (Å²) in [6.45, 7) is 3.47. The largest absolute Gasteiger partial charge is 0.380 e. The van der Waals surface area contributed by atoms with Gasteiger partial charge in [0.15, 0.2) is 5.82 Å². The van der Waals surface area contributed by atoms with Gasteiger partial charge in [-0.1, -0.05) is 17.3 Å². The van der Waals surface area contributed by atoms with Gasteiger partial charge in [-0.05, 0) is 31.0 Å². The van der Waals surface area contributed by atoms with E-state index in [0.717, 1.165) is 25.2 Å². The SMILES string of the molecule is CO[C@H]1C[C@H](c2nc(C)no2)N(Cc2ccc(-n3cncn3)cc2)C1. The maximum absolute atomic E-state index is 5.56. The second-order valence-electron chi connectivity index (χ2n) is 6.22. The summed E-state index contributed by atoms with van der Waals surface area (Å²) in [5.41, 5.74) is 2.20. The van der Waals surface area contributed by atoms with Crippen LogP contribution in [0.4, 0.5) is 0 Å². The van der Waals surface area contributed by atoms with Crippen molar-refractivity contribution in [3.8, 4) is 5.69 Å². The van der Waals surface area contributed by atoms with E-state index >= 15 is 0 Å². The number of likely N-dealkylation sites (tertiary alicyclic amines) is 1. The van der Waals surface area contributed by atoms with Crippen molar-refractivity contribution in [2.45, 2.75) is 32.0 Å². The molecule has 0 radical (unpaired) electrons. The van der Waals surface area contributed by atoms with E-state index in [4.69, 9.17) is 9.26 Å². The first-order valence-electron chi connectivity index (χ1n) is 8.24. The van der Waals surface area contributed by atoms with Crippen molar-refractivity contribution in [2.24, 2.45) is 0 Å². The van der Waals surface area contributed by atoms with Crippen LogP contribution in [0.15, 0.2) is 41.4 Å². The molecular formula is C17H20N6O2. The molecule has 1 aliphatic heterocycles. The van der Waals surface area contributed by atoms with Crippen LogP contribution in [0.5, 0.6) is 0 Å². The second-order valence-corrected chi connectivity index (χ2v) is 6.22. The second kappa shape index (κ2) is 6.73. The van der Waals surface area contributed by atoms with E-state index in [-0.39, 0.29) is 12.1 Å². The molecule has 1 aliphatic rings. The van der Waals surface area contributed by atoms with Gasteiger partial charge in [0.2, 0.25) is 5.89 Å². The van der Waals surface area contributed by atoms with E-state index in [0.29, 0.717) is 11.7 Å². The van der Waals surface area contributed by atoms with Crippen LogP contribution >= 0.6 is 0 Å². The average Bonchev–Trinajstić information content (AvgIpc) is 3.36. The lowest BCUT2D eigenvalue weighted by Crippen LogP contribution is -2.25. The number of benzene rings is 1. The fourth-order valence-electron chi connectivity index (χ4n) is 3.24. The minimum Gasteiger partial charge on any atom is -0.380 e. The molecule has 0 spiro atoms. The molecule has 8 heteroatoms. The maximum Gasteiger partial charge on any atom is 0.244 e. The lowest BCUT2D eigenvalue weighted by molar-refractivity contribution is 0.107. The molecule has 1 fully saturated rings. The van der Waals surface area contributed by atoms with E-state index < -0.39 is 0 Å². The van der Waals surface area contributed by atoms with Crippen molar-refractivity contribution in [3.05, 3.63) is 54.2 Å². The Morgan fingerprint density at radius 1 is 1.28 bits per heavy atom. The van der Waals surface area contributed by atoms with Crippen molar-refractivity contribution in [3.63, 3.8) is 0 Å². The first kappa shape index (κ1) is 15.9. The normalized spacial score (nSPS) is 21.0. The van der Waals surface area contributed by atoms with Crippen molar-refractivity contribution in [1.29, 1.82) is 0 Å². The molecule has 25 heavy (non-hydrogen) atoms. The van der Waals surface area contributed by atoms with E-state index in [9.17, 15) is 0 Å². The zero-order valence-electron chi connectivity index (χ0n) is 14.2. The third kappa shape index (κ3) is 3.31. The fourth-order valence-corrected chi connectivity index (χ4v) is 3.24. The molecule has 8 nitrogen and oxygen atoms in total. The van der Waals surface area contributed by atoms with Gasteiger partial charge < -0.3 is 9.26 Å². The van der Waals surface area contributed by atoms with E-state index in [1.165, 1.54) is 11.9 Å². The van der Waals surface area contributed by atoms with Crippen LogP contribution in [-0.4, -0.2) is 49.6 Å². The van der Waals surface area contributed by atoms with Crippen molar-refractivity contribution < 1.29 is 9.26 Å². The summed E-state index contributed by atoms with van der Waals surface area (Å²) in [6.07, 6.45) is 4.24. The van der Waals surface area contributed by atoms with Crippen molar-refractivity contribution in [1.82, 2.24) is 29.8 Å². The summed E-state index contributed by atoms with van der Waals surface area (Å²) < 4.78 is 12.7. The Hall–Kier alpha value is -2.58. The first-order chi connectivity index (χ1) is 12.2. The molecular weight excluding hydrogens is 320 g/mol. The number of ether oxygens (including phenoxy) is 1. The van der Waals surface area contributed by atoms with Gasteiger partial charge in [0.25, 0.3) is 0 Å². The van der Waals surface area contributed by atoms with Gasteiger partial charge in [0.1, 0.15) is 12.7 Å². The molecule has 4 rings (SSSR count). The Morgan fingerprint density at radius 2 is 2.12 bits per heavy atom. The highest BCUT2D eigenvalue weighted by Crippen LogP contribution is 2.33. The summed E-state index contributed by atoms with van der Waals surface area (Å²) in [5, 5.41) is 8.07. The molecule has 3 heterocycles. The molecule has 2 atom stereocenters. The van der Waals surface area contributed by atoms with Crippen molar-refractivity contribution >= 4 is 0 Å². The van der Waals surface area contributed by atoms with Crippen LogP contribution in [0, 0.1) is 6.92 Å². The summed E-state index contributed by atoms with van der Waals surface area (Å²) >= 11 is 0. The standard InChI is InChI=1S/C17H20N6O2/c1-12-20-17(25-21-12)16-7-15(24-2)9-22(16)8-13-3-5-14(6-4-13)23-11-18-10-19-23/h3-6,10-11,15-16H,7-9H2,1-2H3/t15-,16+/m0/s1. The maximum atomic E-state index is 5.56. The average molecular weight is 340 g/mol. The van der Waals surface area contributed by atoms with Gasteiger partial charge in [0.05, 0.1) is 17.8 Å². The predicted octanol–water partition coefficient (Wildman–Crippen LogP) is 1.92. The van der Waals surface area contributed by atoms with Gasteiger partial charge in [0, 0.05) is 20.2 Å². The van der Waals surface area contributed by atoms with Crippen molar-refractivity contribution in [2.75, 3.05) is 13.7 Å². The molecule has 3 aromatic rings. The van der Waals surface area contributed by atoms with Crippen LogP contribution in [0.25, 0.3) is 5.69 Å². The molecule has 2 aromatic heterocycles. The highest BCUT2D eigenvalue weighted by molar-refractivity contribution is 5.33. The number of aryl methyl sites for hydroxylation is 1. The summed E-state index contributed by atoms with van der Waals surface area (Å²) in [5.74, 6) is 1.32. The highest BCUT2D eigenvalue weighted by atomic mass is 16.5. The molecule has 1 saturated heterocycles. The topological polar surface area (TPSA) is 82.1 Å². The molecule has 0 saturated carbocycles. The summed E-state index contributed by atoms with van der Waals surface area (Å²) in [7, 11) is 1.75. The van der Waals surface area contributed by atoms with Gasteiger partial charge in [-0.25, -0.2) is 9.67 Å². The van der Waals surface area contributed by atoms with E-state index in [2.05, 4.69) is 37.3 Å². The van der Waals surface area contributed by atoms with Gasteiger partial charge >= 0.3 is 0 Å². The van der Waals surface area contributed by atoms with Gasteiger partial charge in [-0.3, -0.25) is 4.90 Å². The number of aromatic nitrogens is 5. The lowest BCUT2D eigenvalue weighted by atomic mass is 10.1. The molecule has 1 aromatic carbocycles. The van der Waals surface area contributed by atoms with Crippen LogP contribution in [0.3, 0.4) is 0 Å². The van der Waals surface area contributed by atoms with Crippen LogP contribution in [0.1, 0.15) is 29.7 Å². The minimum absolute atomic E-state index is 0.0844. The summed E-state index contributed by atoms with van der Waals surface area (Å²) in [4.78, 5) is 10.7. The van der Waals surface area contributed by atoms with E-state index in [1.807, 2.05) is 19.1 Å². The monoisotopic (exact) mass is 340 g/mol. The van der Waals surface area contributed by atoms with Gasteiger partial charge in [-0.15, -0.1) is 0 Å².